The first-order valence-corrected chi connectivity index (χ1v) is 9.78. The number of hydrogen-bond acceptors (Lipinski definition) is 4. The summed E-state index contributed by atoms with van der Waals surface area (Å²) in [5.41, 5.74) is 1.07. The molecule has 1 aromatic rings. The van der Waals surface area contributed by atoms with Crippen LogP contribution in [0.15, 0.2) is 24.3 Å². The lowest BCUT2D eigenvalue weighted by atomic mass is 10.0. The molecule has 2 heterocycles. The van der Waals surface area contributed by atoms with Gasteiger partial charge in [0, 0.05) is 6.54 Å². The van der Waals surface area contributed by atoms with Crippen molar-refractivity contribution in [1.29, 1.82) is 0 Å². The topological polar surface area (TPSA) is 119 Å². The Bertz CT molecular complexity index is 825. The van der Waals surface area contributed by atoms with Gasteiger partial charge in [0.2, 0.25) is 11.8 Å². The van der Waals surface area contributed by atoms with E-state index in [-0.39, 0.29) is 18.4 Å². The third-order valence-corrected chi connectivity index (χ3v) is 5.14. The summed E-state index contributed by atoms with van der Waals surface area (Å²) in [7, 11) is 0. The second-order valence-electron chi connectivity index (χ2n) is 7.81. The van der Waals surface area contributed by atoms with Gasteiger partial charge in [-0.2, -0.15) is 0 Å². The number of carbonyl (C=O) groups is 4. The van der Waals surface area contributed by atoms with Gasteiger partial charge < -0.3 is 20.6 Å². The van der Waals surface area contributed by atoms with Crippen LogP contribution in [0.25, 0.3) is 0 Å². The van der Waals surface area contributed by atoms with Crippen molar-refractivity contribution in [3.63, 3.8) is 0 Å². The van der Waals surface area contributed by atoms with Crippen LogP contribution in [-0.2, 0) is 14.4 Å². The number of carbonyl (C=O) groups excluding carboxylic acids is 3. The number of para-hydroxylation sites is 2. The molecule has 0 aliphatic carbocycles. The molecule has 2 atom stereocenters. The van der Waals surface area contributed by atoms with Crippen LogP contribution < -0.4 is 15.5 Å². The third kappa shape index (κ3) is 4.49. The van der Waals surface area contributed by atoms with Gasteiger partial charge in [-0.3, -0.25) is 14.5 Å². The molecule has 29 heavy (non-hydrogen) atoms. The van der Waals surface area contributed by atoms with E-state index < -0.39 is 30.0 Å². The van der Waals surface area contributed by atoms with Gasteiger partial charge in [0.05, 0.1) is 11.4 Å². The summed E-state index contributed by atoms with van der Waals surface area (Å²) in [6, 6.07) is 4.65. The maximum atomic E-state index is 13.1. The van der Waals surface area contributed by atoms with Gasteiger partial charge in [0.25, 0.3) is 0 Å². The van der Waals surface area contributed by atoms with E-state index >= 15 is 0 Å². The highest BCUT2D eigenvalue weighted by molar-refractivity contribution is 6.10. The molecule has 9 nitrogen and oxygen atoms in total. The summed E-state index contributed by atoms with van der Waals surface area (Å²) < 4.78 is 0. The van der Waals surface area contributed by atoms with E-state index in [9.17, 15) is 24.3 Å². The maximum absolute atomic E-state index is 13.1. The van der Waals surface area contributed by atoms with Crippen LogP contribution in [-0.4, -0.2) is 59.0 Å². The molecule has 2 aliphatic heterocycles. The van der Waals surface area contributed by atoms with Crippen LogP contribution in [0.4, 0.5) is 16.2 Å². The van der Waals surface area contributed by atoms with Gasteiger partial charge in [-0.15, -0.1) is 0 Å². The number of rotatable bonds is 5. The molecular weight excluding hydrogens is 376 g/mol. The van der Waals surface area contributed by atoms with E-state index in [1.807, 2.05) is 13.8 Å². The van der Waals surface area contributed by atoms with Crippen molar-refractivity contribution in [1.82, 2.24) is 10.2 Å². The van der Waals surface area contributed by atoms with E-state index in [1.165, 1.54) is 9.80 Å². The van der Waals surface area contributed by atoms with Gasteiger partial charge in [-0.1, -0.05) is 26.0 Å². The summed E-state index contributed by atoms with van der Waals surface area (Å²) in [4.78, 5) is 52.2. The lowest BCUT2D eigenvalue weighted by Gasteiger charge is -2.32. The highest BCUT2D eigenvalue weighted by Crippen LogP contribution is 2.29. The molecule has 156 valence electrons. The Hall–Kier alpha value is -3.10. The first-order chi connectivity index (χ1) is 13.8. The van der Waals surface area contributed by atoms with Gasteiger partial charge in [-0.05, 0) is 37.3 Å². The van der Waals surface area contributed by atoms with Crippen molar-refractivity contribution < 1.29 is 24.3 Å². The normalized spacial score (nSPS) is 19.6. The molecule has 9 heteroatoms. The number of likely N-dealkylation sites (tertiary alicyclic amines) is 1. The third-order valence-electron chi connectivity index (χ3n) is 5.14. The molecule has 3 rings (SSSR count). The van der Waals surface area contributed by atoms with Crippen LogP contribution in [0.2, 0.25) is 0 Å². The molecule has 0 radical (unpaired) electrons. The Kier molecular flexibility index (Phi) is 6.05. The Morgan fingerprint density at radius 1 is 1.28 bits per heavy atom. The van der Waals surface area contributed by atoms with Crippen molar-refractivity contribution in [3.8, 4) is 0 Å². The molecule has 3 N–H and O–H groups in total. The number of fused-ring (bicyclic) bond motifs is 1. The fraction of sp³-hybridized carbons (Fsp3) is 0.500. The van der Waals surface area contributed by atoms with Gasteiger partial charge in [-0.25, -0.2) is 9.59 Å². The zero-order valence-electron chi connectivity index (χ0n) is 16.6. The Balaban J connectivity index is 1.80. The standard InChI is InChI=1S/C20H26N4O5/c1-12(2)10-14(18(26)23-9-5-8-16(23)19(27)28)22-20(29)24-11-17(25)21-13-6-3-4-7-15(13)24/h3-4,6-7,12,14,16H,5,8-11H2,1-2H3,(H,21,25)(H,22,29)(H,27,28)/t14-,16-/m0/s1. The van der Waals surface area contributed by atoms with Gasteiger partial charge in [0.1, 0.15) is 18.6 Å². The average Bonchev–Trinajstić information content (AvgIpc) is 3.15. The SMILES string of the molecule is CC(C)C[C@H](NC(=O)N1CC(=O)Nc2ccccc21)C(=O)N1CCC[C@H]1C(=O)O. The minimum Gasteiger partial charge on any atom is -0.480 e. The highest BCUT2D eigenvalue weighted by atomic mass is 16.4. The minimum atomic E-state index is -1.04. The Labute approximate surface area is 169 Å². The number of hydrogen-bond donors (Lipinski definition) is 3. The summed E-state index contributed by atoms with van der Waals surface area (Å²) in [6.07, 6.45) is 1.39. The number of nitrogens with zero attached hydrogens (tertiary/aromatic N) is 2. The van der Waals surface area contributed by atoms with Crippen LogP contribution in [0.1, 0.15) is 33.1 Å². The Morgan fingerprint density at radius 3 is 2.69 bits per heavy atom. The number of carboxylic acid groups (broad SMARTS) is 1. The molecule has 1 saturated heterocycles. The van der Waals surface area contributed by atoms with Crippen LogP contribution in [0.5, 0.6) is 0 Å². The van der Waals surface area contributed by atoms with Crippen LogP contribution in [0.3, 0.4) is 0 Å². The van der Waals surface area contributed by atoms with Crippen LogP contribution >= 0.6 is 0 Å². The quantitative estimate of drug-likeness (QED) is 0.692. The molecule has 2 aliphatic rings. The maximum Gasteiger partial charge on any atom is 0.326 e. The molecular formula is C20H26N4O5. The van der Waals surface area contributed by atoms with E-state index in [0.29, 0.717) is 37.2 Å². The van der Waals surface area contributed by atoms with E-state index in [2.05, 4.69) is 10.6 Å². The molecule has 4 amide bonds. The molecule has 0 unspecified atom stereocenters. The monoisotopic (exact) mass is 402 g/mol. The smallest absolute Gasteiger partial charge is 0.326 e. The Morgan fingerprint density at radius 2 is 2.00 bits per heavy atom. The van der Waals surface area contributed by atoms with Crippen molar-refractivity contribution >= 4 is 35.2 Å². The number of nitrogens with one attached hydrogen (secondary N) is 2. The lowest BCUT2D eigenvalue weighted by Crippen LogP contribution is -2.56. The zero-order chi connectivity index (χ0) is 21.1. The molecule has 0 saturated carbocycles. The molecule has 0 aromatic heterocycles. The number of urea groups is 1. The number of carboxylic acids is 1. The summed E-state index contributed by atoms with van der Waals surface area (Å²) in [5, 5.41) is 14.8. The second-order valence-corrected chi connectivity index (χ2v) is 7.81. The highest BCUT2D eigenvalue weighted by Gasteiger charge is 2.38. The second kappa shape index (κ2) is 8.50. The minimum absolute atomic E-state index is 0.104. The van der Waals surface area contributed by atoms with Crippen molar-refractivity contribution in [2.75, 3.05) is 23.3 Å². The van der Waals surface area contributed by atoms with Crippen LogP contribution in [0, 0.1) is 5.92 Å². The number of anilines is 2. The average molecular weight is 402 g/mol. The summed E-state index contributed by atoms with van der Waals surface area (Å²) in [6.45, 7) is 4.05. The molecule has 0 spiro atoms. The molecule has 1 aromatic carbocycles. The zero-order valence-corrected chi connectivity index (χ0v) is 16.6. The summed E-state index contributed by atoms with van der Waals surface area (Å²) >= 11 is 0. The predicted molar refractivity (Wildman–Crippen MR) is 107 cm³/mol. The van der Waals surface area contributed by atoms with Crippen molar-refractivity contribution in [2.24, 2.45) is 5.92 Å². The van der Waals surface area contributed by atoms with Gasteiger partial charge >= 0.3 is 12.0 Å². The van der Waals surface area contributed by atoms with Crippen molar-refractivity contribution in [2.45, 2.75) is 45.2 Å². The first kappa shape index (κ1) is 20.6. The molecule has 1 fully saturated rings. The predicted octanol–water partition coefficient (Wildman–Crippen LogP) is 1.65. The first-order valence-electron chi connectivity index (χ1n) is 9.78. The van der Waals surface area contributed by atoms with E-state index in [4.69, 9.17) is 0 Å². The largest absolute Gasteiger partial charge is 0.480 e. The number of benzene rings is 1. The number of aliphatic carboxylic acids is 1. The van der Waals surface area contributed by atoms with E-state index in [0.717, 1.165) is 0 Å². The number of amides is 4. The lowest BCUT2D eigenvalue weighted by molar-refractivity contribution is -0.149. The van der Waals surface area contributed by atoms with E-state index in [1.54, 1.807) is 24.3 Å². The summed E-state index contributed by atoms with van der Waals surface area (Å²) in [5.74, 6) is -1.65. The fourth-order valence-electron chi connectivity index (χ4n) is 3.82. The van der Waals surface area contributed by atoms with Crippen molar-refractivity contribution in [3.05, 3.63) is 24.3 Å². The molecule has 0 bridgehead atoms. The van der Waals surface area contributed by atoms with Gasteiger partial charge in [0.15, 0.2) is 0 Å². The fourth-order valence-corrected chi connectivity index (χ4v) is 3.82.